The monoisotopic (exact) mass is 325 g/mol. The first-order chi connectivity index (χ1) is 11.0. The lowest BCUT2D eigenvalue weighted by Crippen LogP contribution is -2.35. The van der Waals surface area contributed by atoms with Crippen LogP contribution in [0.1, 0.15) is 11.1 Å². The average Bonchev–Trinajstić information content (AvgIpc) is 2.79. The molecule has 0 radical (unpaired) electrons. The lowest BCUT2D eigenvalue weighted by Gasteiger charge is -2.23. The van der Waals surface area contributed by atoms with Gasteiger partial charge in [-0.15, -0.1) is 0 Å². The molecule has 1 atom stereocenters. The van der Waals surface area contributed by atoms with Crippen LogP contribution in [0.4, 0.5) is 5.69 Å². The molecule has 1 aliphatic rings. The summed E-state index contributed by atoms with van der Waals surface area (Å²) in [5.41, 5.74) is -0.986. The number of aliphatic hydroxyl groups is 1. The molecule has 4 nitrogen and oxygen atoms in total. The minimum atomic E-state index is -1.98. The smallest absolute Gasteiger partial charge is 0.266 e. The highest BCUT2D eigenvalue weighted by Gasteiger charge is 2.48. The lowest BCUT2D eigenvalue weighted by atomic mass is 9.86. The van der Waals surface area contributed by atoms with Crippen LogP contribution in [0.25, 0.3) is 10.8 Å². The zero-order chi connectivity index (χ0) is 16.2. The lowest BCUT2D eigenvalue weighted by molar-refractivity contribution is -0.129. The molecule has 114 valence electrons. The van der Waals surface area contributed by atoms with E-state index in [1.807, 2.05) is 30.3 Å². The molecule has 0 aliphatic carbocycles. The van der Waals surface area contributed by atoms with Gasteiger partial charge in [0.2, 0.25) is 0 Å². The maximum absolute atomic E-state index is 12.5. The summed E-state index contributed by atoms with van der Waals surface area (Å²) < 4.78 is 0. The first kappa shape index (κ1) is 14.1. The molecule has 0 saturated heterocycles. The van der Waals surface area contributed by atoms with Crippen molar-refractivity contribution in [3.8, 4) is 5.75 Å². The number of anilines is 1. The number of benzene rings is 3. The Balaban J connectivity index is 2.03. The Morgan fingerprint density at radius 2 is 1.65 bits per heavy atom. The Kier molecular flexibility index (Phi) is 2.88. The quantitative estimate of drug-likeness (QED) is 0.642. The summed E-state index contributed by atoms with van der Waals surface area (Å²) in [5, 5.41) is 26.1. The van der Waals surface area contributed by atoms with Crippen molar-refractivity contribution < 1.29 is 15.0 Å². The standard InChI is InChI=1S/C18H12ClNO3/c19-12-5-6-16(21)14(9-12)18(23)13-7-10-3-1-2-4-11(10)8-15(13)20-17(18)22/h1-9,21,23H,(H,20,22). The fourth-order valence-corrected chi connectivity index (χ4v) is 3.22. The predicted molar refractivity (Wildman–Crippen MR) is 88.7 cm³/mol. The van der Waals surface area contributed by atoms with Gasteiger partial charge in [0.15, 0.2) is 5.60 Å². The number of phenolic OH excluding ortho intramolecular Hbond substituents is 1. The number of rotatable bonds is 1. The van der Waals surface area contributed by atoms with Gasteiger partial charge in [0, 0.05) is 21.8 Å². The van der Waals surface area contributed by atoms with Gasteiger partial charge in [-0.3, -0.25) is 4.79 Å². The van der Waals surface area contributed by atoms with Crippen LogP contribution < -0.4 is 5.32 Å². The topological polar surface area (TPSA) is 69.6 Å². The third kappa shape index (κ3) is 1.92. The average molecular weight is 326 g/mol. The second-order valence-corrected chi connectivity index (χ2v) is 6.01. The van der Waals surface area contributed by atoms with E-state index in [-0.39, 0.29) is 11.3 Å². The molecule has 0 bridgehead atoms. The number of hydrogen-bond acceptors (Lipinski definition) is 3. The number of aromatic hydroxyl groups is 1. The van der Waals surface area contributed by atoms with Crippen LogP contribution in [0.2, 0.25) is 5.02 Å². The SMILES string of the molecule is O=C1Nc2cc3ccccc3cc2C1(O)c1cc(Cl)ccc1O. The third-order valence-electron chi connectivity index (χ3n) is 4.20. The van der Waals surface area contributed by atoms with Crippen molar-refractivity contribution in [3.63, 3.8) is 0 Å². The Morgan fingerprint density at radius 1 is 0.957 bits per heavy atom. The zero-order valence-electron chi connectivity index (χ0n) is 11.9. The number of halogens is 1. The molecule has 1 unspecified atom stereocenters. The first-order valence-electron chi connectivity index (χ1n) is 7.06. The first-order valence-corrected chi connectivity index (χ1v) is 7.44. The van der Waals surface area contributed by atoms with E-state index in [0.29, 0.717) is 16.3 Å². The van der Waals surface area contributed by atoms with Gasteiger partial charge in [0.05, 0.1) is 0 Å². The summed E-state index contributed by atoms with van der Waals surface area (Å²) in [5.74, 6) is -0.798. The highest BCUT2D eigenvalue weighted by atomic mass is 35.5. The number of carbonyl (C=O) groups is 1. The molecule has 4 rings (SSSR count). The van der Waals surface area contributed by atoms with E-state index < -0.39 is 11.5 Å². The fraction of sp³-hybridized carbons (Fsp3) is 0.0556. The van der Waals surface area contributed by atoms with Crippen LogP contribution in [0, 0.1) is 0 Å². The Hall–Kier alpha value is -2.56. The van der Waals surface area contributed by atoms with Crippen LogP contribution in [0.3, 0.4) is 0 Å². The highest BCUT2D eigenvalue weighted by molar-refractivity contribution is 6.30. The fourth-order valence-electron chi connectivity index (χ4n) is 3.04. The molecule has 3 aromatic carbocycles. The van der Waals surface area contributed by atoms with Gasteiger partial charge in [-0.05, 0) is 41.1 Å². The van der Waals surface area contributed by atoms with Crippen LogP contribution in [-0.2, 0) is 10.4 Å². The molecule has 3 N–H and O–H groups in total. The molecule has 1 aliphatic heterocycles. The van der Waals surface area contributed by atoms with Gasteiger partial charge < -0.3 is 15.5 Å². The van der Waals surface area contributed by atoms with Gasteiger partial charge >= 0.3 is 0 Å². The molecule has 0 aromatic heterocycles. The van der Waals surface area contributed by atoms with Crippen molar-refractivity contribution in [2.75, 3.05) is 5.32 Å². The largest absolute Gasteiger partial charge is 0.508 e. The van der Waals surface area contributed by atoms with Crippen LogP contribution in [0.15, 0.2) is 54.6 Å². The third-order valence-corrected chi connectivity index (χ3v) is 4.44. The molecule has 23 heavy (non-hydrogen) atoms. The highest BCUT2D eigenvalue weighted by Crippen LogP contribution is 2.45. The molecule has 0 saturated carbocycles. The Morgan fingerprint density at radius 3 is 2.39 bits per heavy atom. The van der Waals surface area contributed by atoms with E-state index in [4.69, 9.17) is 11.6 Å². The number of phenols is 1. The summed E-state index contributed by atoms with van der Waals surface area (Å²) in [7, 11) is 0. The minimum Gasteiger partial charge on any atom is -0.508 e. The summed E-state index contributed by atoms with van der Waals surface area (Å²) in [6.07, 6.45) is 0. The molecule has 0 spiro atoms. The number of amides is 1. The van der Waals surface area contributed by atoms with Crippen molar-refractivity contribution >= 4 is 34.0 Å². The van der Waals surface area contributed by atoms with Crippen LogP contribution in [0.5, 0.6) is 5.75 Å². The number of carbonyl (C=O) groups excluding carboxylic acids is 1. The van der Waals surface area contributed by atoms with Crippen LogP contribution >= 0.6 is 11.6 Å². The predicted octanol–water partition coefficient (Wildman–Crippen LogP) is 3.39. The van der Waals surface area contributed by atoms with E-state index in [9.17, 15) is 15.0 Å². The number of nitrogens with one attached hydrogen (secondary N) is 1. The second kappa shape index (κ2) is 4.72. The molecule has 1 heterocycles. The normalized spacial score (nSPS) is 19.7. The molecule has 5 heteroatoms. The second-order valence-electron chi connectivity index (χ2n) is 5.57. The number of hydrogen-bond donors (Lipinski definition) is 3. The van der Waals surface area contributed by atoms with E-state index in [1.165, 1.54) is 18.2 Å². The van der Waals surface area contributed by atoms with Crippen molar-refractivity contribution in [1.29, 1.82) is 0 Å². The summed E-state index contributed by atoms with van der Waals surface area (Å²) in [6, 6.07) is 15.4. The summed E-state index contributed by atoms with van der Waals surface area (Å²) >= 11 is 5.97. The Labute approximate surface area is 136 Å². The van der Waals surface area contributed by atoms with Gasteiger partial charge in [0.25, 0.3) is 5.91 Å². The van der Waals surface area contributed by atoms with Gasteiger partial charge in [-0.1, -0.05) is 35.9 Å². The summed E-state index contributed by atoms with van der Waals surface area (Å²) in [6.45, 7) is 0. The maximum atomic E-state index is 12.5. The van der Waals surface area contributed by atoms with Crippen molar-refractivity contribution in [2.24, 2.45) is 0 Å². The Bertz CT molecular complexity index is 970. The van der Waals surface area contributed by atoms with Gasteiger partial charge in [-0.25, -0.2) is 0 Å². The van der Waals surface area contributed by atoms with Crippen molar-refractivity contribution in [1.82, 2.24) is 0 Å². The van der Waals surface area contributed by atoms with Crippen molar-refractivity contribution in [2.45, 2.75) is 5.60 Å². The van der Waals surface area contributed by atoms with E-state index in [1.54, 1.807) is 6.07 Å². The summed E-state index contributed by atoms with van der Waals surface area (Å²) in [4.78, 5) is 12.5. The molecule has 1 amide bonds. The van der Waals surface area contributed by atoms with Crippen LogP contribution in [-0.4, -0.2) is 16.1 Å². The zero-order valence-corrected chi connectivity index (χ0v) is 12.6. The molecular weight excluding hydrogens is 314 g/mol. The minimum absolute atomic E-state index is 0.0662. The van der Waals surface area contributed by atoms with E-state index >= 15 is 0 Å². The molecule has 3 aromatic rings. The van der Waals surface area contributed by atoms with Gasteiger partial charge in [0.1, 0.15) is 5.75 Å². The van der Waals surface area contributed by atoms with E-state index in [2.05, 4.69) is 5.32 Å². The molecular formula is C18H12ClNO3. The number of fused-ring (bicyclic) bond motifs is 2. The van der Waals surface area contributed by atoms with Gasteiger partial charge in [-0.2, -0.15) is 0 Å². The molecule has 0 fully saturated rings. The van der Waals surface area contributed by atoms with Crippen molar-refractivity contribution in [3.05, 3.63) is 70.7 Å². The maximum Gasteiger partial charge on any atom is 0.266 e. The van der Waals surface area contributed by atoms with E-state index in [0.717, 1.165) is 10.8 Å².